The third-order valence-corrected chi connectivity index (χ3v) is 10.5. The van der Waals surface area contributed by atoms with Crippen LogP contribution >= 0.6 is 0 Å². The zero-order chi connectivity index (χ0) is 16.7. The van der Waals surface area contributed by atoms with Crippen LogP contribution in [0.2, 0.25) is 0 Å². The van der Waals surface area contributed by atoms with Crippen molar-refractivity contribution in [3.05, 3.63) is 0 Å². The molecule has 0 aromatic carbocycles. The largest absolute Gasteiger partial charge is 0.396 e. The zero-order valence-corrected chi connectivity index (χ0v) is 15.9. The monoisotopic (exact) mass is 332 g/mol. The smallest absolute Gasteiger partial charge is 0.0638 e. The Hall–Kier alpha value is -0.0800. The second-order valence-electron chi connectivity index (χ2n) is 10.6. The summed E-state index contributed by atoms with van der Waals surface area (Å²) in [6, 6.07) is 0. The molecule has 0 aliphatic heterocycles. The molecule has 9 atom stereocenters. The minimum Gasteiger partial charge on any atom is -0.396 e. The molecule has 24 heavy (non-hydrogen) atoms. The predicted octanol–water partition coefficient (Wildman–Crippen LogP) is 4.65. The molecule has 0 amide bonds. The molecule has 5 rings (SSSR count). The lowest BCUT2D eigenvalue weighted by atomic mass is 9.45. The minimum absolute atomic E-state index is 0.379. The minimum atomic E-state index is 0.379. The van der Waals surface area contributed by atoms with Crippen LogP contribution in [-0.4, -0.2) is 24.9 Å². The summed E-state index contributed by atoms with van der Waals surface area (Å²) >= 11 is 0. The van der Waals surface area contributed by atoms with Crippen molar-refractivity contribution >= 4 is 0 Å². The summed E-state index contributed by atoms with van der Waals surface area (Å²) in [5, 5.41) is 9.53. The highest BCUT2D eigenvalue weighted by Gasteiger charge is 2.77. The van der Waals surface area contributed by atoms with E-state index in [4.69, 9.17) is 4.74 Å². The summed E-state index contributed by atoms with van der Waals surface area (Å²) in [4.78, 5) is 0. The first kappa shape index (κ1) is 16.1. The molecule has 0 heterocycles. The first-order chi connectivity index (χ1) is 11.5. The van der Waals surface area contributed by atoms with E-state index in [9.17, 15) is 5.11 Å². The number of hydrogen-bond acceptors (Lipinski definition) is 2. The van der Waals surface area contributed by atoms with E-state index in [1.54, 1.807) is 0 Å². The van der Waals surface area contributed by atoms with E-state index in [1.807, 2.05) is 7.11 Å². The molecule has 2 nitrogen and oxygen atoms in total. The lowest BCUT2D eigenvalue weighted by molar-refractivity contribution is -0.159. The molecule has 0 unspecified atom stereocenters. The second kappa shape index (κ2) is 5.00. The number of rotatable bonds is 3. The summed E-state index contributed by atoms with van der Waals surface area (Å²) in [7, 11) is 1.99. The Morgan fingerprint density at radius 2 is 1.88 bits per heavy atom. The fraction of sp³-hybridized carbons (Fsp3) is 1.00. The van der Waals surface area contributed by atoms with Crippen molar-refractivity contribution < 1.29 is 9.84 Å². The highest BCUT2D eigenvalue weighted by atomic mass is 16.5. The van der Waals surface area contributed by atoms with Crippen LogP contribution in [0.5, 0.6) is 0 Å². The van der Waals surface area contributed by atoms with Crippen molar-refractivity contribution in [3.8, 4) is 0 Å². The third kappa shape index (κ3) is 1.66. The van der Waals surface area contributed by atoms with E-state index < -0.39 is 0 Å². The van der Waals surface area contributed by atoms with E-state index in [0.29, 0.717) is 29.0 Å². The molecule has 1 spiro atoms. The van der Waals surface area contributed by atoms with Gasteiger partial charge in [-0.2, -0.15) is 0 Å². The summed E-state index contributed by atoms with van der Waals surface area (Å²) in [5.41, 5.74) is 1.60. The standard InChI is InChI=1S/C22H36O2/c1-20-9-7-18-16(17(20)5-4-14(20)8-11-23)12-19(24-3)22-13-15(22)6-10-21(18,22)2/h14-19,23H,4-13H2,1-3H3/t14-,15+,16-,17-,18-,19+,20+,21+,22-/m0/s1. The van der Waals surface area contributed by atoms with E-state index >= 15 is 0 Å². The van der Waals surface area contributed by atoms with Crippen molar-refractivity contribution in [2.24, 2.45) is 45.8 Å². The Balaban J connectivity index is 1.49. The van der Waals surface area contributed by atoms with Crippen molar-refractivity contribution in [2.75, 3.05) is 13.7 Å². The fourth-order valence-corrected chi connectivity index (χ4v) is 9.32. The Morgan fingerprint density at radius 1 is 1.04 bits per heavy atom. The maximum absolute atomic E-state index is 9.53. The molecular weight excluding hydrogens is 296 g/mol. The van der Waals surface area contributed by atoms with Gasteiger partial charge in [0.25, 0.3) is 0 Å². The lowest BCUT2D eigenvalue weighted by Gasteiger charge is -2.60. The highest BCUT2D eigenvalue weighted by molar-refractivity contribution is 5.25. The number of hydrogen-bond donors (Lipinski definition) is 1. The van der Waals surface area contributed by atoms with Crippen LogP contribution in [0.3, 0.4) is 0 Å². The number of aliphatic hydroxyl groups is 1. The van der Waals surface area contributed by atoms with Crippen LogP contribution in [0.4, 0.5) is 0 Å². The van der Waals surface area contributed by atoms with Crippen molar-refractivity contribution in [3.63, 3.8) is 0 Å². The Kier molecular flexibility index (Phi) is 3.36. The Labute approximate surface area is 147 Å². The van der Waals surface area contributed by atoms with Crippen LogP contribution in [0.1, 0.15) is 71.6 Å². The van der Waals surface area contributed by atoms with E-state index in [2.05, 4.69) is 13.8 Å². The van der Waals surface area contributed by atoms with Gasteiger partial charge in [-0.3, -0.25) is 0 Å². The van der Waals surface area contributed by atoms with Crippen molar-refractivity contribution in [2.45, 2.75) is 77.7 Å². The van der Waals surface area contributed by atoms with Gasteiger partial charge in [0.1, 0.15) is 0 Å². The second-order valence-corrected chi connectivity index (χ2v) is 10.6. The molecule has 5 aliphatic carbocycles. The number of ether oxygens (including phenoxy) is 1. The molecule has 1 N–H and O–H groups in total. The number of aliphatic hydroxyl groups excluding tert-OH is 1. The average Bonchev–Trinajstić information content (AvgIpc) is 3.10. The third-order valence-electron chi connectivity index (χ3n) is 10.5. The van der Waals surface area contributed by atoms with Crippen LogP contribution < -0.4 is 0 Å². The van der Waals surface area contributed by atoms with Gasteiger partial charge in [-0.1, -0.05) is 13.8 Å². The molecule has 0 bridgehead atoms. The van der Waals surface area contributed by atoms with Gasteiger partial charge < -0.3 is 9.84 Å². The number of methoxy groups -OCH3 is 1. The predicted molar refractivity (Wildman–Crippen MR) is 95.5 cm³/mol. The van der Waals surface area contributed by atoms with Gasteiger partial charge >= 0.3 is 0 Å². The summed E-state index contributed by atoms with van der Waals surface area (Å²) in [6.45, 7) is 5.61. The van der Waals surface area contributed by atoms with Gasteiger partial charge in [-0.05, 0) is 98.2 Å². The van der Waals surface area contributed by atoms with E-state index in [-0.39, 0.29) is 0 Å². The average molecular weight is 333 g/mol. The molecule has 2 heteroatoms. The highest BCUT2D eigenvalue weighted by Crippen LogP contribution is 2.82. The molecule has 136 valence electrons. The Morgan fingerprint density at radius 3 is 2.58 bits per heavy atom. The van der Waals surface area contributed by atoms with Gasteiger partial charge in [0, 0.05) is 19.1 Å². The van der Waals surface area contributed by atoms with Gasteiger partial charge in [-0.15, -0.1) is 0 Å². The molecular formula is C22H36O2. The van der Waals surface area contributed by atoms with Crippen molar-refractivity contribution in [1.29, 1.82) is 0 Å². The normalized spacial score (nSPS) is 61.0. The van der Waals surface area contributed by atoms with E-state index in [1.165, 1.54) is 51.4 Å². The molecule has 5 saturated carbocycles. The molecule has 5 fully saturated rings. The van der Waals surface area contributed by atoms with Crippen molar-refractivity contribution in [1.82, 2.24) is 0 Å². The molecule has 0 radical (unpaired) electrons. The lowest BCUT2D eigenvalue weighted by Crippen LogP contribution is -2.56. The van der Waals surface area contributed by atoms with Crippen LogP contribution in [0.15, 0.2) is 0 Å². The first-order valence-corrected chi connectivity index (χ1v) is 10.6. The molecule has 0 aromatic rings. The van der Waals surface area contributed by atoms with Gasteiger partial charge in [0.2, 0.25) is 0 Å². The SMILES string of the molecule is CO[C@@H]1C[C@H]2[C@@H]3CC[C@@H](CCO)[C@@]3(C)CC[C@@H]2[C@@]2(C)CC[C@@H]3C[C@]312. The van der Waals surface area contributed by atoms with Crippen LogP contribution in [0.25, 0.3) is 0 Å². The van der Waals surface area contributed by atoms with Crippen LogP contribution in [-0.2, 0) is 4.74 Å². The summed E-state index contributed by atoms with van der Waals surface area (Å²) < 4.78 is 6.18. The topological polar surface area (TPSA) is 29.5 Å². The van der Waals surface area contributed by atoms with Crippen LogP contribution in [0, 0.1) is 45.8 Å². The van der Waals surface area contributed by atoms with E-state index in [0.717, 1.165) is 36.0 Å². The molecule has 5 aliphatic rings. The summed E-state index contributed by atoms with van der Waals surface area (Å²) in [6.07, 6.45) is 12.9. The number of fused-ring (bicyclic) bond motifs is 4. The maximum Gasteiger partial charge on any atom is 0.0638 e. The van der Waals surface area contributed by atoms with Gasteiger partial charge in [-0.25, -0.2) is 0 Å². The summed E-state index contributed by atoms with van der Waals surface area (Å²) in [5.74, 6) is 4.45. The molecule has 0 aromatic heterocycles. The maximum atomic E-state index is 9.53. The van der Waals surface area contributed by atoms with Gasteiger partial charge in [0.05, 0.1) is 6.10 Å². The first-order valence-electron chi connectivity index (χ1n) is 10.6. The van der Waals surface area contributed by atoms with Gasteiger partial charge in [0.15, 0.2) is 0 Å². The quantitative estimate of drug-likeness (QED) is 0.815. The fourth-order valence-electron chi connectivity index (χ4n) is 9.32. The molecule has 0 saturated heterocycles. The zero-order valence-electron chi connectivity index (χ0n) is 15.9. The Bertz CT molecular complexity index is 532.